The summed E-state index contributed by atoms with van der Waals surface area (Å²) < 4.78 is 27.5. The van der Waals surface area contributed by atoms with Gasteiger partial charge in [-0.3, -0.25) is 4.79 Å². The van der Waals surface area contributed by atoms with Crippen LogP contribution in [0.25, 0.3) is 11.4 Å². The smallest absolute Gasteiger partial charge is 0.308 e. The van der Waals surface area contributed by atoms with E-state index in [0.717, 1.165) is 18.2 Å². The average molecular weight is 268 g/mol. The Hall–Kier alpha value is -2.38. The molecule has 19 heavy (non-hydrogen) atoms. The van der Waals surface area contributed by atoms with Gasteiger partial charge in [0.2, 0.25) is 0 Å². The van der Waals surface area contributed by atoms with Crippen LogP contribution >= 0.6 is 0 Å². The van der Waals surface area contributed by atoms with Crippen LogP contribution in [0.1, 0.15) is 6.92 Å². The molecule has 1 unspecified atom stereocenters. The first-order valence-corrected chi connectivity index (χ1v) is 5.43. The van der Waals surface area contributed by atoms with Crippen LogP contribution in [0.4, 0.5) is 8.78 Å². The summed E-state index contributed by atoms with van der Waals surface area (Å²) in [6, 6.07) is 2.89. The molecule has 0 radical (unpaired) electrons. The zero-order valence-corrected chi connectivity index (χ0v) is 9.92. The number of carbonyl (C=O) groups is 1. The number of tetrazole rings is 1. The van der Waals surface area contributed by atoms with E-state index < -0.39 is 23.5 Å². The number of benzene rings is 1. The first kappa shape index (κ1) is 13.1. The molecule has 0 saturated heterocycles. The van der Waals surface area contributed by atoms with Gasteiger partial charge in [-0.15, -0.1) is 5.10 Å². The molecule has 1 aromatic carbocycles. The lowest BCUT2D eigenvalue weighted by Crippen LogP contribution is -2.18. The van der Waals surface area contributed by atoms with E-state index in [0.29, 0.717) is 0 Å². The first-order valence-electron chi connectivity index (χ1n) is 5.43. The highest BCUT2D eigenvalue weighted by Gasteiger charge is 2.17. The molecule has 0 aliphatic carbocycles. The molecule has 0 bridgehead atoms. The van der Waals surface area contributed by atoms with Crippen LogP contribution in [-0.2, 0) is 11.3 Å². The molecule has 0 amide bonds. The molecule has 0 aliphatic heterocycles. The van der Waals surface area contributed by atoms with E-state index in [1.807, 2.05) is 0 Å². The van der Waals surface area contributed by atoms with Crippen molar-refractivity contribution in [2.24, 2.45) is 5.92 Å². The van der Waals surface area contributed by atoms with E-state index in [-0.39, 0.29) is 17.9 Å². The predicted molar refractivity (Wildman–Crippen MR) is 60.0 cm³/mol. The number of hydrogen-bond acceptors (Lipinski definition) is 4. The number of nitrogens with zero attached hydrogens (tertiary/aromatic N) is 4. The standard InChI is InChI=1S/C11H10F2N4O2/c1-6(11(18)19)5-17-10(14-15-16-17)7-2-8(12)4-9(13)3-7/h2-4,6H,5H2,1H3,(H,18,19). The molecule has 2 aromatic rings. The monoisotopic (exact) mass is 268 g/mol. The van der Waals surface area contributed by atoms with Crippen LogP contribution in [0.3, 0.4) is 0 Å². The Morgan fingerprint density at radius 2 is 2.00 bits per heavy atom. The molecule has 6 nitrogen and oxygen atoms in total. The van der Waals surface area contributed by atoms with Gasteiger partial charge in [-0.1, -0.05) is 6.92 Å². The Morgan fingerprint density at radius 3 is 2.58 bits per heavy atom. The fraction of sp³-hybridized carbons (Fsp3) is 0.273. The topological polar surface area (TPSA) is 80.9 Å². The average Bonchev–Trinajstić information content (AvgIpc) is 2.75. The Morgan fingerprint density at radius 1 is 1.37 bits per heavy atom. The summed E-state index contributed by atoms with van der Waals surface area (Å²) in [5.74, 6) is -3.12. The molecule has 1 aromatic heterocycles. The second-order valence-electron chi connectivity index (χ2n) is 4.08. The predicted octanol–water partition coefficient (Wildman–Crippen LogP) is 1.34. The minimum absolute atomic E-state index is 0.00972. The summed E-state index contributed by atoms with van der Waals surface area (Å²) >= 11 is 0. The van der Waals surface area contributed by atoms with Crippen LogP contribution in [0.15, 0.2) is 18.2 Å². The van der Waals surface area contributed by atoms with Crippen molar-refractivity contribution in [3.05, 3.63) is 29.8 Å². The highest BCUT2D eigenvalue weighted by Crippen LogP contribution is 2.19. The van der Waals surface area contributed by atoms with Gasteiger partial charge in [-0.05, 0) is 22.6 Å². The van der Waals surface area contributed by atoms with Crippen molar-refractivity contribution in [1.82, 2.24) is 20.2 Å². The van der Waals surface area contributed by atoms with E-state index in [1.165, 1.54) is 11.6 Å². The van der Waals surface area contributed by atoms with Gasteiger partial charge >= 0.3 is 5.97 Å². The molecular formula is C11H10F2N4O2. The molecule has 1 heterocycles. The molecule has 0 fully saturated rings. The first-order chi connectivity index (χ1) is 8.97. The largest absolute Gasteiger partial charge is 0.481 e. The maximum absolute atomic E-state index is 13.1. The third-order valence-corrected chi connectivity index (χ3v) is 2.52. The number of aliphatic carboxylic acids is 1. The molecular weight excluding hydrogens is 258 g/mol. The summed E-state index contributed by atoms with van der Waals surface area (Å²) in [4.78, 5) is 10.8. The molecule has 2 rings (SSSR count). The van der Waals surface area contributed by atoms with Gasteiger partial charge in [-0.25, -0.2) is 13.5 Å². The van der Waals surface area contributed by atoms with Gasteiger partial charge in [0, 0.05) is 11.6 Å². The summed E-state index contributed by atoms with van der Waals surface area (Å²) in [6.07, 6.45) is 0. The van der Waals surface area contributed by atoms with Crippen molar-refractivity contribution >= 4 is 5.97 Å². The number of halogens is 2. The van der Waals surface area contributed by atoms with Gasteiger partial charge in [0.05, 0.1) is 12.5 Å². The van der Waals surface area contributed by atoms with Crippen molar-refractivity contribution in [2.45, 2.75) is 13.5 Å². The van der Waals surface area contributed by atoms with Crippen molar-refractivity contribution in [1.29, 1.82) is 0 Å². The summed E-state index contributed by atoms with van der Waals surface area (Å²) in [5, 5.41) is 19.5. The number of rotatable bonds is 4. The van der Waals surface area contributed by atoms with Crippen molar-refractivity contribution < 1.29 is 18.7 Å². The third kappa shape index (κ3) is 2.90. The van der Waals surface area contributed by atoms with Gasteiger partial charge in [0.1, 0.15) is 11.6 Å². The lowest BCUT2D eigenvalue weighted by Gasteiger charge is -2.08. The van der Waals surface area contributed by atoms with Gasteiger partial charge in [-0.2, -0.15) is 0 Å². The highest BCUT2D eigenvalue weighted by molar-refractivity contribution is 5.69. The Kier molecular flexibility index (Phi) is 3.50. The summed E-state index contributed by atoms with van der Waals surface area (Å²) in [5.41, 5.74) is 0.153. The zero-order chi connectivity index (χ0) is 14.0. The van der Waals surface area contributed by atoms with Crippen molar-refractivity contribution in [3.8, 4) is 11.4 Å². The van der Waals surface area contributed by atoms with E-state index in [2.05, 4.69) is 15.5 Å². The van der Waals surface area contributed by atoms with Crippen LogP contribution in [0.5, 0.6) is 0 Å². The SMILES string of the molecule is CC(Cn1nnnc1-c1cc(F)cc(F)c1)C(=O)O. The van der Waals surface area contributed by atoms with Crippen LogP contribution in [-0.4, -0.2) is 31.3 Å². The molecule has 0 spiro atoms. The zero-order valence-electron chi connectivity index (χ0n) is 9.92. The molecule has 1 atom stereocenters. The fourth-order valence-corrected chi connectivity index (χ4v) is 1.55. The Bertz CT molecular complexity index is 594. The van der Waals surface area contributed by atoms with E-state index in [9.17, 15) is 13.6 Å². The van der Waals surface area contributed by atoms with Crippen LogP contribution < -0.4 is 0 Å². The quantitative estimate of drug-likeness (QED) is 0.904. The second-order valence-corrected chi connectivity index (χ2v) is 4.08. The Labute approximate surface area is 106 Å². The molecule has 100 valence electrons. The fourth-order valence-electron chi connectivity index (χ4n) is 1.55. The minimum Gasteiger partial charge on any atom is -0.481 e. The highest BCUT2D eigenvalue weighted by atomic mass is 19.1. The molecule has 0 saturated carbocycles. The van der Waals surface area contributed by atoms with Crippen molar-refractivity contribution in [2.75, 3.05) is 0 Å². The molecule has 1 N–H and O–H groups in total. The number of hydrogen-bond donors (Lipinski definition) is 1. The van der Waals surface area contributed by atoms with E-state index in [4.69, 9.17) is 5.11 Å². The third-order valence-electron chi connectivity index (χ3n) is 2.52. The molecule has 0 aliphatic rings. The van der Waals surface area contributed by atoms with Gasteiger partial charge in [0.15, 0.2) is 5.82 Å². The maximum atomic E-state index is 13.1. The van der Waals surface area contributed by atoms with Crippen molar-refractivity contribution in [3.63, 3.8) is 0 Å². The molecule has 8 heteroatoms. The van der Waals surface area contributed by atoms with Crippen LogP contribution in [0.2, 0.25) is 0 Å². The Balaban J connectivity index is 2.36. The second kappa shape index (κ2) is 5.09. The van der Waals surface area contributed by atoms with Gasteiger partial charge < -0.3 is 5.11 Å². The van der Waals surface area contributed by atoms with E-state index in [1.54, 1.807) is 0 Å². The van der Waals surface area contributed by atoms with Gasteiger partial charge in [0.25, 0.3) is 0 Å². The van der Waals surface area contributed by atoms with E-state index >= 15 is 0 Å². The lowest BCUT2D eigenvalue weighted by atomic mass is 10.1. The minimum atomic E-state index is -1.01. The lowest BCUT2D eigenvalue weighted by molar-refractivity contribution is -0.141. The number of aromatic nitrogens is 4. The van der Waals surface area contributed by atoms with Crippen LogP contribution in [0, 0.1) is 17.6 Å². The number of carboxylic acids is 1. The normalized spacial score (nSPS) is 12.4. The number of carboxylic acid groups (broad SMARTS) is 1. The maximum Gasteiger partial charge on any atom is 0.308 e. The summed E-state index contributed by atoms with van der Waals surface area (Å²) in [6.45, 7) is 1.50. The summed E-state index contributed by atoms with van der Waals surface area (Å²) in [7, 11) is 0.